The molecule has 2 fully saturated rings. The number of carbonyl (C=O) groups is 1. The molecule has 1 atom stereocenters. The molecule has 0 aliphatic carbocycles. The molecular formula is C17H24F3N5O2. The van der Waals surface area contributed by atoms with E-state index in [2.05, 4.69) is 20.2 Å². The van der Waals surface area contributed by atoms with Crippen molar-refractivity contribution in [1.82, 2.24) is 19.8 Å². The van der Waals surface area contributed by atoms with Crippen LogP contribution in [0.2, 0.25) is 0 Å². The maximum absolute atomic E-state index is 12.7. The molecule has 2 saturated heterocycles. The minimum atomic E-state index is -4.48. The Kier molecular flexibility index (Phi) is 6.15. The third-order valence-electron chi connectivity index (χ3n) is 4.94. The Hall–Kier alpha value is -1.94. The number of piperidine rings is 1. The van der Waals surface area contributed by atoms with Gasteiger partial charge < -0.3 is 19.9 Å². The number of nitrogens with zero attached hydrogens (tertiary/aromatic N) is 4. The Morgan fingerprint density at radius 3 is 2.70 bits per heavy atom. The van der Waals surface area contributed by atoms with Crippen molar-refractivity contribution < 1.29 is 22.7 Å². The number of halogens is 3. The van der Waals surface area contributed by atoms with Crippen molar-refractivity contribution in [2.45, 2.75) is 38.1 Å². The van der Waals surface area contributed by atoms with Gasteiger partial charge in [-0.05, 0) is 12.8 Å². The van der Waals surface area contributed by atoms with Crippen molar-refractivity contribution in [3.8, 4) is 0 Å². The maximum Gasteiger partial charge on any atom is 0.433 e. The number of amides is 1. The second-order valence-electron chi connectivity index (χ2n) is 6.96. The van der Waals surface area contributed by atoms with Crippen LogP contribution >= 0.6 is 0 Å². The maximum atomic E-state index is 12.7. The lowest BCUT2D eigenvalue weighted by molar-refractivity contribution is -0.141. The van der Waals surface area contributed by atoms with Crippen LogP contribution in [0.25, 0.3) is 0 Å². The Labute approximate surface area is 155 Å². The lowest BCUT2D eigenvalue weighted by Crippen LogP contribution is -2.50. The van der Waals surface area contributed by atoms with Gasteiger partial charge in [-0.3, -0.25) is 4.79 Å². The zero-order chi connectivity index (χ0) is 19.4. The quantitative estimate of drug-likeness (QED) is 0.847. The van der Waals surface area contributed by atoms with Crippen LogP contribution in [0, 0.1) is 0 Å². The molecule has 2 aliphatic rings. The summed E-state index contributed by atoms with van der Waals surface area (Å²) < 4.78 is 44.0. The van der Waals surface area contributed by atoms with Crippen LogP contribution in [0.5, 0.6) is 0 Å². The van der Waals surface area contributed by atoms with Gasteiger partial charge in [0.25, 0.3) is 0 Å². The van der Waals surface area contributed by atoms with Crippen molar-refractivity contribution in [3.63, 3.8) is 0 Å². The van der Waals surface area contributed by atoms with Crippen molar-refractivity contribution in [1.29, 1.82) is 0 Å². The topological polar surface area (TPSA) is 70.6 Å². The van der Waals surface area contributed by atoms with Gasteiger partial charge in [-0.2, -0.15) is 13.2 Å². The summed E-state index contributed by atoms with van der Waals surface area (Å²) in [5.74, 6) is 0.262. The third kappa shape index (κ3) is 5.52. The molecule has 1 N–H and O–H groups in total. The number of anilines is 1. The van der Waals surface area contributed by atoms with Gasteiger partial charge in [-0.25, -0.2) is 9.97 Å². The van der Waals surface area contributed by atoms with Gasteiger partial charge in [0.05, 0.1) is 12.7 Å². The molecule has 1 aromatic rings. The highest BCUT2D eigenvalue weighted by atomic mass is 19.4. The van der Waals surface area contributed by atoms with Crippen molar-refractivity contribution in [2.24, 2.45) is 0 Å². The van der Waals surface area contributed by atoms with E-state index in [1.165, 1.54) is 0 Å². The van der Waals surface area contributed by atoms with Crippen LogP contribution in [0.15, 0.2) is 12.4 Å². The lowest BCUT2D eigenvalue weighted by Gasteiger charge is -2.38. The van der Waals surface area contributed by atoms with Crippen LogP contribution in [0.4, 0.5) is 19.0 Å². The van der Waals surface area contributed by atoms with E-state index >= 15 is 0 Å². The van der Waals surface area contributed by atoms with E-state index in [9.17, 15) is 18.0 Å². The number of ether oxygens (including phenoxy) is 1. The van der Waals surface area contributed by atoms with Crippen LogP contribution in [0.1, 0.15) is 25.5 Å². The third-order valence-corrected chi connectivity index (χ3v) is 4.94. The molecule has 27 heavy (non-hydrogen) atoms. The molecule has 7 nitrogen and oxygen atoms in total. The summed E-state index contributed by atoms with van der Waals surface area (Å²) in [6.45, 7) is 5.74. The molecule has 0 spiro atoms. The number of aromatic nitrogens is 2. The zero-order valence-corrected chi connectivity index (χ0v) is 15.2. The Morgan fingerprint density at radius 2 is 2.04 bits per heavy atom. The summed E-state index contributed by atoms with van der Waals surface area (Å²) in [6, 6.07) is 1.01. The molecule has 1 amide bonds. The summed E-state index contributed by atoms with van der Waals surface area (Å²) in [4.78, 5) is 22.7. The van der Waals surface area contributed by atoms with Crippen molar-refractivity contribution in [3.05, 3.63) is 18.1 Å². The van der Waals surface area contributed by atoms with Gasteiger partial charge in [0.2, 0.25) is 5.91 Å². The lowest BCUT2D eigenvalue weighted by atomic mass is 10.0. The predicted molar refractivity (Wildman–Crippen MR) is 92.1 cm³/mol. The first-order valence-corrected chi connectivity index (χ1v) is 9.06. The Balaban J connectivity index is 1.46. The highest BCUT2D eigenvalue weighted by molar-refractivity contribution is 5.73. The molecule has 3 rings (SSSR count). The molecule has 0 saturated carbocycles. The summed E-state index contributed by atoms with van der Waals surface area (Å²) >= 11 is 0. The standard InChI is InChI=1S/C17H24F3N5O2/c1-12(26)25-6-7-27-14(10-25)9-24-4-2-13(3-5-24)23-16-8-15(17(18,19)20)21-11-22-16/h8,11,13-14H,2-7,9-10H2,1H3,(H,21,22,23). The smallest absolute Gasteiger partial charge is 0.373 e. The van der Waals surface area contributed by atoms with E-state index < -0.39 is 11.9 Å². The first-order chi connectivity index (χ1) is 12.8. The first-order valence-electron chi connectivity index (χ1n) is 9.06. The van der Waals surface area contributed by atoms with Crippen LogP contribution in [-0.2, 0) is 15.7 Å². The number of hydrogen-bond acceptors (Lipinski definition) is 6. The minimum absolute atomic E-state index is 0.00312. The Bertz CT molecular complexity index is 650. The first kappa shape index (κ1) is 19.8. The zero-order valence-electron chi connectivity index (χ0n) is 15.2. The number of morpholine rings is 1. The molecule has 0 aromatic carbocycles. The average molecular weight is 387 g/mol. The molecule has 1 unspecified atom stereocenters. The van der Waals surface area contributed by atoms with E-state index in [0.29, 0.717) is 19.7 Å². The van der Waals surface area contributed by atoms with Gasteiger partial charge >= 0.3 is 6.18 Å². The fourth-order valence-electron chi connectivity index (χ4n) is 3.46. The Morgan fingerprint density at radius 1 is 1.30 bits per heavy atom. The second-order valence-corrected chi connectivity index (χ2v) is 6.96. The molecule has 150 valence electrons. The van der Waals surface area contributed by atoms with Crippen LogP contribution in [0.3, 0.4) is 0 Å². The van der Waals surface area contributed by atoms with Crippen LogP contribution < -0.4 is 5.32 Å². The number of nitrogens with one attached hydrogen (secondary N) is 1. The predicted octanol–water partition coefficient (Wildman–Crippen LogP) is 1.62. The normalized spacial score (nSPS) is 22.7. The fourth-order valence-corrected chi connectivity index (χ4v) is 3.46. The van der Waals surface area contributed by atoms with Gasteiger partial charge in [0.15, 0.2) is 0 Å². The van der Waals surface area contributed by atoms with Crippen molar-refractivity contribution >= 4 is 11.7 Å². The van der Waals surface area contributed by atoms with Crippen molar-refractivity contribution in [2.75, 3.05) is 44.6 Å². The van der Waals surface area contributed by atoms with E-state index in [1.807, 2.05) is 0 Å². The van der Waals surface area contributed by atoms with E-state index in [-0.39, 0.29) is 23.9 Å². The summed E-state index contributed by atoms with van der Waals surface area (Å²) in [7, 11) is 0. The van der Waals surface area contributed by atoms with E-state index in [0.717, 1.165) is 44.9 Å². The van der Waals surface area contributed by atoms with Gasteiger partial charge in [0.1, 0.15) is 17.8 Å². The number of hydrogen-bond donors (Lipinski definition) is 1. The summed E-state index contributed by atoms with van der Waals surface area (Å²) in [6.07, 6.45) is -1.94. The minimum Gasteiger partial charge on any atom is -0.373 e. The van der Waals surface area contributed by atoms with E-state index in [4.69, 9.17) is 4.74 Å². The molecule has 3 heterocycles. The highest BCUT2D eigenvalue weighted by Crippen LogP contribution is 2.28. The highest BCUT2D eigenvalue weighted by Gasteiger charge is 2.33. The number of alkyl halides is 3. The SMILES string of the molecule is CC(=O)N1CCOC(CN2CCC(Nc3cc(C(F)(F)F)ncn3)CC2)C1. The molecule has 2 aliphatic heterocycles. The largest absolute Gasteiger partial charge is 0.433 e. The second kappa shape index (κ2) is 8.39. The molecule has 10 heteroatoms. The van der Waals surface area contributed by atoms with E-state index in [1.54, 1.807) is 11.8 Å². The van der Waals surface area contributed by atoms with Gasteiger partial charge in [0, 0.05) is 51.8 Å². The molecule has 0 radical (unpaired) electrons. The molecule has 1 aromatic heterocycles. The van der Waals surface area contributed by atoms with Crippen LogP contribution in [-0.4, -0.2) is 77.2 Å². The fraction of sp³-hybridized carbons (Fsp3) is 0.706. The summed E-state index contributed by atoms with van der Waals surface area (Å²) in [5.41, 5.74) is -0.943. The average Bonchev–Trinajstić information content (AvgIpc) is 2.63. The molecule has 0 bridgehead atoms. The van der Waals surface area contributed by atoms with Gasteiger partial charge in [-0.1, -0.05) is 0 Å². The molecular weight excluding hydrogens is 363 g/mol. The number of carbonyl (C=O) groups excluding carboxylic acids is 1. The monoisotopic (exact) mass is 387 g/mol. The number of rotatable bonds is 4. The summed E-state index contributed by atoms with van der Waals surface area (Å²) in [5, 5.41) is 3.08. The van der Waals surface area contributed by atoms with Gasteiger partial charge in [-0.15, -0.1) is 0 Å². The number of likely N-dealkylation sites (tertiary alicyclic amines) is 1.